The molecule has 290 valence electrons. The lowest BCUT2D eigenvalue weighted by molar-refractivity contribution is -0.250. The molecule has 15 atom stereocenters. The smallest absolute Gasteiger partial charge is 0.239 e. The molecule has 5 aliphatic carbocycles. The molecule has 8 fully saturated rings. The van der Waals surface area contributed by atoms with Crippen LogP contribution in [0.25, 0.3) is 0 Å². The summed E-state index contributed by atoms with van der Waals surface area (Å²) in [4.78, 5) is 17.3. The van der Waals surface area contributed by atoms with Crippen molar-refractivity contribution in [3.63, 3.8) is 0 Å². The number of morpholine rings is 1. The van der Waals surface area contributed by atoms with Gasteiger partial charge in [0.05, 0.1) is 49.2 Å². The highest BCUT2D eigenvalue weighted by atomic mass is 16.7. The predicted molar refractivity (Wildman–Crippen MR) is 195 cm³/mol. The van der Waals surface area contributed by atoms with Gasteiger partial charge in [0, 0.05) is 31.7 Å². The van der Waals surface area contributed by atoms with Crippen molar-refractivity contribution in [3.05, 3.63) is 0 Å². The van der Waals surface area contributed by atoms with Gasteiger partial charge in [-0.1, -0.05) is 34.6 Å². The number of carbonyl (C=O) groups is 1. The van der Waals surface area contributed by atoms with E-state index in [2.05, 4.69) is 39.5 Å². The Balaban J connectivity index is 0.993. The summed E-state index contributed by atoms with van der Waals surface area (Å²) in [5.41, 5.74) is -0.659. The molecule has 0 radical (unpaired) electrons. The van der Waals surface area contributed by atoms with Gasteiger partial charge in [-0.15, -0.1) is 0 Å². The van der Waals surface area contributed by atoms with E-state index in [0.29, 0.717) is 48.8 Å². The minimum Gasteiger partial charge on any atom is -0.390 e. The molecule has 9 nitrogen and oxygen atoms in total. The maximum Gasteiger partial charge on any atom is 0.239 e. The van der Waals surface area contributed by atoms with E-state index in [-0.39, 0.29) is 58.2 Å². The lowest BCUT2D eigenvalue weighted by atomic mass is 9.41. The van der Waals surface area contributed by atoms with Gasteiger partial charge in [0.25, 0.3) is 0 Å². The number of ether oxygens (including phenoxy) is 4. The van der Waals surface area contributed by atoms with Gasteiger partial charge >= 0.3 is 0 Å². The Labute approximate surface area is 307 Å². The highest BCUT2D eigenvalue weighted by Crippen LogP contribution is 2.89. The minimum atomic E-state index is -1.02. The summed E-state index contributed by atoms with van der Waals surface area (Å²) in [7, 11) is 0. The Bertz CT molecular complexity index is 1350. The largest absolute Gasteiger partial charge is 0.390 e. The third kappa shape index (κ3) is 5.13. The molecule has 51 heavy (non-hydrogen) atoms. The van der Waals surface area contributed by atoms with Crippen molar-refractivity contribution < 1.29 is 34.0 Å². The minimum absolute atomic E-state index is 0.00194. The Morgan fingerprint density at radius 3 is 2.39 bits per heavy atom. The number of likely N-dealkylation sites (tertiary alicyclic amines) is 1. The number of hydrogen-bond acceptors (Lipinski definition) is 8. The van der Waals surface area contributed by atoms with Gasteiger partial charge in [-0.25, -0.2) is 0 Å². The van der Waals surface area contributed by atoms with Gasteiger partial charge in [0.1, 0.15) is 6.10 Å². The number of rotatable bonds is 8. The van der Waals surface area contributed by atoms with E-state index in [1.54, 1.807) is 0 Å². The Morgan fingerprint density at radius 1 is 1.02 bits per heavy atom. The van der Waals surface area contributed by atoms with Crippen LogP contribution in [0, 0.1) is 50.7 Å². The summed E-state index contributed by atoms with van der Waals surface area (Å²) in [6.07, 6.45) is 8.60. The van der Waals surface area contributed by atoms with E-state index in [4.69, 9.17) is 18.9 Å². The molecule has 2 N–H and O–H groups in total. The number of hydrogen-bond donors (Lipinski definition) is 2. The van der Waals surface area contributed by atoms with Gasteiger partial charge in [-0.3, -0.25) is 9.69 Å². The van der Waals surface area contributed by atoms with Crippen LogP contribution in [-0.2, 0) is 23.7 Å². The zero-order valence-electron chi connectivity index (χ0n) is 33.3. The molecule has 3 aliphatic heterocycles. The first-order valence-electron chi connectivity index (χ1n) is 20.9. The molecule has 8 aliphatic rings. The summed E-state index contributed by atoms with van der Waals surface area (Å²) in [6, 6.07) is -0.135. The zero-order chi connectivity index (χ0) is 36.5. The normalized spacial score (nSPS) is 50.1. The first-order valence-corrected chi connectivity index (χ1v) is 20.9. The van der Waals surface area contributed by atoms with E-state index in [1.165, 1.54) is 25.7 Å². The first-order chi connectivity index (χ1) is 24.0. The molecular weight excluding hydrogens is 644 g/mol. The van der Waals surface area contributed by atoms with Gasteiger partial charge in [0.15, 0.2) is 6.29 Å². The van der Waals surface area contributed by atoms with Crippen molar-refractivity contribution >= 4 is 5.91 Å². The van der Waals surface area contributed by atoms with Crippen molar-refractivity contribution in [2.45, 2.75) is 169 Å². The van der Waals surface area contributed by atoms with Crippen LogP contribution in [0.1, 0.15) is 120 Å². The Morgan fingerprint density at radius 2 is 1.73 bits per heavy atom. The predicted octanol–water partition coefficient (Wildman–Crippen LogP) is 5.64. The summed E-state index contributed by atoms with van der Waals surface area (Å²) in [5, 5.41) is 23.7. The molecule has 3 heterocycles. The van der Waals surface area contributed by atoms with Crippen molar-refractivity contribution in [2.24, 2.45) is 50.7 Å². The summed E-state index contributed by atoms with van der Waals surface area (Å²) in [6.45, 7) is 24.3. The molecule has 0 aromatic rings. The van der Waals surface area contributed by atoms with Crippen LogP contribution in [0.2, 0.25) is 0 Å². The average molecular weight is 715 g/mol. The Hall–Kier alpha value is -0.810. The van der Waals surface area contributed by atoms with E-state index in [0.717, 1.165) is 51.7 Å². The monoisotopic (exact) mass is 715 g/mol. The number of amides is 1. The second-order valence-electron chi connectivity index (χ2n) is 20.4. The van der Waals surface area contributed by atoms with Crippen LogP contribution < -0.4 is 0 Å². The zero-order valence-corrected chi connectivity index (χ0v) is 33.3. The maximum absolute atomic E-state index is 13.0. The summed E-state index contributed by atoms with van der Waals surface area (Å²) in [5.74, 6) is 1.97. The van der Waals surface area contributed by atoms with Crippen LogP contribution in [-0.4, -0.2) is 114 Å². The molecule has 0 aromatic heterocycles. The Kier molecular flexibility index (Phi) is 8.99. The van der Waals surface area contributed by atoms with Gasteiger partial charge in [-0.2, -0.15) is 0 Å². The molecular formula is C42H70N2O7. The lowest BCUT2D eigenvalue weighted by Gasteiger charge is -2.64. The quantitative estimate of drug-likeness (QED) is 0.334. The van der Waals surface area contributed by atoms with Crippen molar-refractivity contribution in [1.29, 1.82) is 0 Å². The fourth-order valence-corrected chi connectivity index (χ4v) is 14.9. The second kappa shape index (κ2) is 12.3. The van der Waals surface area contributed by atoms with Crippen LogP contribution in [0.5, 0.6) is 0 Å². The van der Waals surface area contributed by atoms with Crippen molar-refractivity contribution in [3.8, 4) is 0 Å². The summed E-state index contributed by atoms with van der Waals surface area (Å²) < 4.78 is 26.3. The highest BCUT2D eigenvalue weighted by molar-refractivity contribution is 5.82. The first kappa shape index (κ1) is 37.1. The average Bonchev–Trinajstić information content (AvgIpc) is 3.68. The van der Waals surface area contributed by atoms with E-state index in [9.17, 15) is 15.0 Å². The van der Waals surface area contributed by atoms with Crippen LogP contribution in [0.4, 0.5) is 0 Å². The molecule has 5 saturated carbocycles. The fourth-order valence-electron chi connectivity index (χ4n) is 14.9. The molecule has 1 amide bonds. The van der Waals surface area contributed by atoms with Crippen molar-refractivity contribution in [2.75, 3.05) is 39.4 Å². The molecule has 0 aromatic carbocycles. The van der Waals surface area contributed by atoms with Gasteiger partial charge in [0.2, 0.25) is 5.91 Å². The molecule has 0 bridgehead atoms. The number of nitrogens with zero attached hydrogens (tertiary/aromatic N) is 2. The van der Waals surface area contributed by atoms with E-state index >= 15 is 0 Å². The molecule has 9 heteroatoms. The van der Waals surface area contributed by atoms with Crippen LogP contribution in [0.15, 0.2) is 0 Å². The van der Waals surface area contributed by atoms with Crippen molar-refractivity contribution in [1.82, 2.24) is 9.80 Å². The summed E-state index contributed by atoms with van der Waals surface area (Å²) >= 11 is 0. The van der Waals surface area contributed by atoms with Gasteiger partial charge in [-0.05, 0) is 131 Å². The molecule has 2 spiro atoms. The van der Waals surface area contributed by atoms with Gasteiger partial charge < -0.3 is 34.1 Å². The fraction of sp³-hybridized carbons (Fsp3) is 0.976. The van der Waals surface area contributed by atoms with Crippen LogP contribution in [0.3, 0.4) is 0 Å². The molecule has 1 unspecified atom stereocenters. The SMILES string of the molecule is CCO[C@@H]([C@H]1C[C@@H](C)[C@H]2[C@H](O1)[C@H](O)[C@@]1(C)[C@@H]3CC[C@H]4C(C)(C)[C@@H](O[C@H]5CN([C@@H](C)C(=O)N6CCC6)CCO5)CCC45C[C@@]35CC[C@]21C)C(C)(C)O. The van der Waals surface area contributed by atoms with E-state index in [1.807, 2.05) is 32.6 Å². The highest BCUT2D eigenvalue weighted by Gasteiger charge is 2.84. The lowest BCUT2D eigenvalue weighted by Crippen LogP contribution is -2.60. The number of fused-ring (bicyclic) bond motifs is 4. The van der Waals surface area contributed by atoms with E-state index < -0.39 is 17.8 Å². The standard InChI is InChI=1S/C42H70N2O7/c1-10-48-35(38(6,7)47)27-22-25(2)32-33(50-27)34(45)40(9)29-13-12-28-37(4,5)30(14-15-41(28)24-42(29,41)17-16-39(32,40)8)51-31-23-44(20-21-49-31)26(3)36(46)43-18-11-19-43/h25-35,45,47H,10-24H2,1-9H3/t25-,26+,27-,28+,29+,30+,31+,32+,33+,34+,35+,39-,40-,41?,42+/m1/s1. The number of aliphatic hydroxyl groups is 2. The number of aliphatic hydroxyl groups excluding tert-OH is 1. The molecule has 3 saturated heterocycles. The third-order valence-electron chi connectivity index (χ3n) is 17.6. The van der Waals surface area contributed by atoms with Crippen LogP contribution >= 0.6 is 0 Å². The molecule has 8 rings (SSSR count). The topological polar surface area (TPSA) is 101 Å². The maximum atomic E-state index is 13.0. The number of carbonyl (C=O) groups excluding carboxylic acids is 1. The third-order valence-corrected chi connectivity index (χ3v) is 17.6. The second-order valence-corrected chi connectivity index (χ2v) is 20.4.